The molecule has 1 aliphatic rings. The summed E-state index contributed by atoms with van der Waals surface area (Å²) in [5.41, 5.74) is 5.53. The van der Waals surface area contributed by atoms with Crippen molar-refractivity contribution in [2.75, 3.05) is 18.5 Å². The minimum Gasteiger partial charge on any atom is -0.372 e. The predicted octanol–water partition coefficient (Wildman–Crippen LogP) is 3.21. The fourth-order valence-electron chi connectivity index (χ4n) is 2.72. The van der Waals surface area contributed by atoms with E-state index >= 15 is 0 Å². The van der Waals surface area contributed by atoms with Crippen molar-refractivity contribution in [3.63, 3.8) is 0 Å². The van der Waals surface area contributed by atoms with Crippen LogP contribution in [0.4, 0.5) is 5.82 Å². The van der Waals surface area contributed by atoms with Crippen molar-refractivity contribution in [3.8, 4) is 5.69 Å². The zero-order valence-corrected chi connectivity index (χ0v) is 14.5. The molecule has 1 amide bonds. The van der Waals surface area contributed by atoms with Gasteiger partial charge in [0.25, 0.3) is 5.91 Å². The number of thioether (sulfide) groups is 1. The van der Waals surface area contributed by atoms with Crippen LogP contribution >= 0.6 is 11.8 Å². The van der Waals surface area contributed by atoms with Gasteiger partial charge in [-0.2, -0.15) is 16.9 Å². The number of amides is 1. The van der Waals surface area contributed by atoms with Gasteiger partial charge in [0, 0.05) is 23.7 Å². The van der Waals surface area contributed by atoms with E-state index in [-0.39, 0.29) is 12.5 Å². The molecule has 1 aromatic heterocycles. The Bertz CT molecular complexity index is 740. The zero-order chi connectivity index (χ0) is 16.4. The first-order chi connectivity index (χ1) is 11.1. The molecule has 0 spiro atoms. The second-order valence-corrected chi connectivity index (χ2v) is 6.64. The normalized spacial score (nSPS) is 13.2. The molecule has 0 aliphatic carbocycles. The third-order valence-corrected chi connectivity index (χ3v) is 4.80. The number of benzene rings is 1. The van der Waals surface area contributed by atoms with Gasteiger partial charge in [-0.05, 0) is 32.4 Å². The van der Waals surface area contributed by atoms with Gasteiger partial charge in [-0.15, -0.1) is 0 Å². The number of carbonyl (C=O) groups excluding carboxylic acids is 1. The van der Waals surface area contributed by atoms with Crippen LogP contribution in [0, 0.1) is 13.8 Å². The highest BCUT2D eigenvalue weighted by molar-refractivity contribution is 7.98. The minimum atomic E-state index is -0.141. The van der Waals surface area contributed by atoms with Gasteiger partial charge in [-0.3, -0.25) is 4.79 Å². The molecule has 0 atom stereocenters. The van der Waals surface area contributed by atoms with Crippen LogP contribution in [0.15, 0.2) is 18.2 Å². The molecular formula is C17H21N3O2S. The van der Waals surface area contributed by atoms with Crippen molar-refractivity contribution >= 4 is 23.5 Å². The monoisotopic (exact) mass is 331 g/mol. The van der Waals surface area contributed by atoms with Crippen LogP contribution in [-0.4, -0.2) is 28.9 Å². The molecule has 0 radical (unpaired) electrons. The van der Waals surface area contributed by atoms with E-state index < -0.39 is 0 Å². The second-order valence-electron chi connectivity index (χ2n) is 5.65. The van der Waals surface area contributed by atoms with Crippen LogP contribution in [0.2, 0.25) is 0 Å². The number of nitrogens with zero attached hydrogens (tertiary/aromatic N) is 2. The number of hydrogen-bond acceptors (Lipinski definition) is 4. The van der Waals surface area contributed by atoms with Gasteiger partial charge in [-0.25, -0.2) is 4.68 Å². The second kappa shape index (κ2) is 6.76. The zero-order valence-electron chi connectivity index (χ0n) is 13.7. The van der Waals surface area contributed by atoms with Gasteiger partial charge in [0.15, 0.2) is 0 Å². The largest absolute Gasteiger partial charge is 0.372 e. The molecule has 0 fully saturated rings. The van der Waals surface area contributed by atoms with E-state index in [1.807, 2.05) is 23.4 Å². The van der Waals surface area contributed by atoms with Crippen LogP contribution < -0.4 is 5.32 Å². The van der Waals surface area contributed by atoms with E-state index in [1.54, 1.807) is 0 Å². The van der Waals surface area contributed by atoms with E-state index in [0.717, 1.165) is 39.8 Å². The van der Waals surface area contributed by atoms with Crippen molar-refractivity contribution in [2.24, 2.45) is 0 Å². The van der Waals surface area contributed by atoms with Crippen molar-refractivity contribution in [1.82, 2.24) is 9.78 Å². The third kappa shape index (κ3) is 3.28. The standard InChI is InChI=1S/C17H21N3O2S/c1-4-22-8-16(21)18-17-13-9-23-10-14(13)19-20(17)15-6-5-11(2)7-12(15)3/h5-7H,4,8-10H2,1-3H3,(H,18,21). The maximum absolute atomic E-state index is 12.1. The average molecular weight is 331 g/mol. The van der Waals surface area contributed by atoms with Gasteiger partial charge in [-0.1, -0.05) is 17.7 Å². The number of hydrogen-bond donors (Lipinski definition) is 1. The van der Waals surface area contributed by atoms with E-state index in [2.05, 4.69) is 37.4 Å². The first-order valence-electron chi connectivity index (χ1n) is 7.74. The lowest BCUT2D eigenvalue weighted by atomic mass is 10.1. The SMILES string of the molecule is CCOCC(=O)Nc1c2c(nn1-c1ccc(C)cc1C)CSC2. The van der Waals surface area contributed by atoms with Crippen molar-refractivity contribution < 1.29 is 9.53 Å². The molecule has 23 heavy (non-hydrogen) atoms. The van der Waals surface area contributed by atoms with Crippen molar-refractivity contribution in [2.45, 2.75) is 32.3 Å². The first-order valence-corrected chi connectivity index (χ1v) is 8.89. The van der Waals surface area contributed by atoms with Gasteiger partial charge in [0.1, 0.15) is 12.4 Å². The third-order valence-electron chi connectivity index (χ3n) is 3.83. The molecule has 6 heteroatoms. The van der Waals surface area contributed by atoms with Crippen molar-refractivity contribution in [3.05, 3.63) is 40.6 Å². The number of nitrogens with one attached hydrogen (secondary N) is 1. The van der Waals surface area contributed by atoms with Crippen LogP contribution in [0.5, 0.6) is 0 Å². The van der Waals surface area contributed by atoms with Gasteiger partial charge >= 0.3 is 0 Å². The highest BCUT2D eigenvalue weighted by Gasteiger charge is 2.25. The topological polar surface area (TPSA) is 56.1 Å². The molecule has 1 aromatic carbocycles. The molecule has 1 aliphatic heterocycles. The number of ether oxygens (including phenoxy) is 1. The first kappa shape index (κ1) is 16.1. The van der Waals surface area contributed by atoms with E-state index in [9.17, 15) is 4.79 Å². The summed E-state index contributed by atoms with van der Waals surface area (Å²) in [6.45, 7) is 6.60. The Morgan fingerprint density at radius 2 is 2.22 bits per heavy atom. The number of carbonyl (C=O) groups is 1. The highest BCUT2D eigenvalue weighted by atomic mass is 32.2. The predicted molar refractivity (Wildman–Crippen MR) is 93.2 cm³/mol. The minimum absolute atomic E-state index is 0.0659. The molecule has 5 nitrogen and oxygen atoms in total. The van der Waals surface area contributed by atoms with E-state index in [0.29, 0.717) is 6.61 Å². The summed E-state index contributed by atoms with van der Waals surface area (Å²) in [7, 11) is 0. The van der Waals surface area contributed by atoms with Crippen LogP contribution in [0.1, 0.15) is 29.3 Å². The van der Waals surface area contributed by atoms with Crippen molar-refractivity contribution in [1.29, 1.82) is 0 Å². The lowest BCUT2D eigenvalue weighted by Crippen LogP contribution is -2.21. The van der Waals surface area contributed by atoms with Gasteiger partial charge in [0.05, 0.1) is 11.4 Å². The Hall–Kier alpha value is -1.79. The molecular weight excluding hydrogens is 310 g/mol. The quantitative estimate of drug-likeness (QED) is 0.914. The number of rotatable bonds is 5. The van der Waals surface area contributed by atoms with Crippen LogP contribution in [0.25, 0.3) is 5.69 Å². The fourth-order valence-corrected chi connectivity index (χ4v) is 3.76. The van der Waals surface area contributed by atoms with Crippen LogP contribution in [0.3, 0.4) is 0 Å². The number of fused-ring (bicyclic) bond motifs is 1. The molecule has 122 valence electrons. The van der Waals surface area contributed by atoms with Crippen LogP contribution in [-0.2, 0) is 21.0 Å². The molecule has 2 aromatic rings. The molecule has 0 bridgehead atoms. The number of anilines is 1. The molecule has 3 rings (SSSR count). The maximum Gasteiger partial charge on any atom is 0.251 e. The van der Waals surface area contributed by atoms with E-state index in [1.165, 1.54) is 5.56 Å². The smallest absolute Gasteiger partial charge is 0.251 e. The van der Waals surface area contributed by atoms with Gasteiger partial charge in [0.2, 0.25) is 0 Å². The molecule has 1 N–H and O–H groups in total. The Morgan fingerprint density at radius 1 is 1.39 bits per heavy atom. The summed E-state index contributed by atoms with van der Waals surface area (Å²) in [4.78, 5) is 12.1. The highest BCUT2D eigenvalue weighted by Crippen LogP contribution is 2.36. The lowest BCUT2D eigenvalue weighted by molar-refractivity contribution is -0.120. The molecule has 2 heterocycles. The number of aromatic nitrogens is 2. The Labute approximate surface area is 140 Å². The molecule has 0 saturated heterocycles. The lowest BCUT2D eigenvalue weighted by Gasteiger charge is -2.13. The molecule has 0 saturated carbocycles. The maximum atomic E-state index is 12.1. The summed E-state index contributed by atoms with van der Waals surface area (Å²) >= 11 is 1.82. The fraction of sp³-hybridized carbons (Fsp3) is 0.412. The number of aryl methyl sites for hydroxylation is 2. The summed E-state index contributed by atoms with van der Waals surface area (Å²) in [5.74, 6) is 2.41. The van der Waals surface area contributed by atoms with Gasteiger partial charge < -0.3 is 10.1 Å². The summed E-state index contributed by atoms with van der Waals surface area (Å²) in [5, 5.41) is 7.71. The average Bonchev–Trinajstić information content (AvgIpc) is 3.08. The van der Waals surface area contributed by atoms with E-state index in [4.69, 9.17) is 9.84 Å². The summed E-state index contributed by atoms with van der Waals surface area (Å²) in [6, 6.07) is 6.25. The Morgan fingerprint density at radius 3 is 2.96 bits per heavy atom. The summed E-state index contributed by atoms with van der Waals surface area (Å²) in [6.07, 6.45) is 0. The Kier molecular flexibility index (Phi) is 4.73. The summed E-state index contributed by atoms with van der Waals surface area (Å²) < 4.78 is 7.07. The molecule has 0 unspecified atom stereocenters. The Balaban J connectivity index is 1.98.